The summed E-state index contributed by atoms with van der Waals surface area (Å²) >= 11 is 0. The second-order valence-electron chi connectivity index (χ2n) is 13.9. The molecular formula is C51H32O2. The van der Waals surface area contributed by atoms with Gasteiger partial charge in [0.15, 0.2) is 0 Å². The first-order chi connectivity index (χ1) is 26.3. The standard InChI is InChI=1S/C51H32O2/c1-3-15-35(16-4-1)51(36-17-5-2-6-18-36)43-23-11-12-24-45(43)52-48-32-34(26-30-44(48)51)37-28-29-41(40-21-10-9-20-39(37)40)42-22-13-25-46-50(42)49-38-19-8-7-14-33(38)27-31-47(49)53-46/h1-32H. The van der Waals surface area contributed by atoms with E-state index in [1.807, 2.05) is 0 Å². The maximum atomic E-state index is 6.85. The molecule has 1 aliphatic rings. The summed E-state index contributed by atoms with van der Waals surface area (Å²) in [5.74, 6) is 1.74. The lowest BCUT2D eigenvalue weighted by molar-refractivity contribution is 0.435. The fourth-order valence-corrected chi connectivity index (χ4v) is 8.98. The molecule has 10 aromatic rings. The van der Waals surface area contributed by atoms with Gasteiger partial charge in [-0.15, -0.1) is 0 Å². The van der Waals surface area contributed by atoms with Crippen LogP contribution in [0.15, 0.2) is 199 Å². The summed E-state index contributed by atoms with van der Waals surface area (Å²) in [6.07, 6.45) is 0. The number of hydrogen-bond donors (Lipinski definition) is 0. The molecule has 0 saturated carbocycles. The Morgan fingerprint density at radius 2 is 0.981 bits per heavy atom. The van der Waals surface area contributed by atoms with Crippen molar-refractivity contribution in [2.45, 2.75) is 5.41 Å². The first-order valence-electron chi connectivity index (χ1n) is 18.2. The lowest BCUT2D eigenvalue weighted by Gasteiger charge is -2.41. The van der Waals surface area contributed by atoms with E-state index in [1.165, 1.54) is 43.8 Å². The van der Waals surface area contributed by atoms with Crippen LogP contribution in [0.1, 0.15) is 22.3 Å². The van der Waals surface area contributed by atoms with Gasteiger partial charge in [0, 0.05) is 21.9 Å². The van der Waals surface area contributed by atoms with Crippen LogP contribution >= 0.6 is 0 Å². The van der Waals surface area contributed by atoms with Gasteiger partial charge in [-0.05, 0) is 79.2 Å². The minimum atomic E-state index is -0.548. The summed E-state index contributed by atoms with van der Waals surface area (Å²) in [6, 6.07) is 69.5. The van der Waals surface area contributed by atoms with Crippen LogP contribution in [0.25, 0.3) is 65.7 Å². The molecule has 11 rings (SSSR count). The SMILES string of the molecule is c1ccc(C2(c3ccccc3)c3ccccc3Oc3cc(-c4ccc(-c5cccc6oc7ccc8ccccc8c7c56)c5ccccc45)ccc32)cc1. The summed E-state index contributed by atoms with van der Waals surface area (Å²) in [5.41, 5.74) is 10.6. The molecule has 1 aliphatic heterocycles. The Balaban J connectivity index is 1.13. The zero-order valence-corrected chi connectivity index (χ0v) is 28.8. The molecule has 2 heterocycles. The van der Waals surface area contributed by atoms with Gasteiger partial charge >= 0.3 is 0 Å². The van der Waals surface area contributed by atoms with Gasteiger partial charge in [0.2, 0.25) is 0 Å². The number of para-hydroxylation sites is 1. The Labute approximate surface area is 307 Å². The number of hydrogen-bond acceptors (Lipinski definition) is 2. The lowest BCUT2D eigenvalue weighted by atomic mass is 9.63. The molecule has 2 nitrogen and oxygen atoms in total. The molecule has 0 spiro atoms. The molecule has 0 N–H and O–H groups in total. The first kappa shape index (κ1) is 29.8. The summed E-state index contributed by atoms with van der Waals surface area (Å²) < 4.78 is 13.3. The zero-order valence-electron chi connectivity index (χ0n) is 28.8. The summed E-state index contributed by atoms with van der Waals surface area (Å²) in [5, 5.41) is 7.10. The van der Waals surface area contributed by atoms with Gasteiger partial charge in [-0.1, -0.05) is 170 Å². The Morgan fingerprint density at radius 1 is 0.358 bits per heavy atom. The van der Waals surface area contributed by atoms with Crippen molar-refractivity contribution in [2.75, 3.05) is 0 Å². The van der Waals surface area contributed by atoms with Gasteiger partial charge < -0.3 is 9.15 Å². The predicted octanol–water partition coefficient (Wildman–Crippen LogP) is 13.7. The Bertz CT molecular complexity index is 2990. The quantitative estimate of drug-likeness (QED) is 0.185. The lowest BCUT2D eigenvalue weighted by Crippen LogP contribution is -2.34. The van der Waals surface area contributed by atoms with E-state index in [4.69, 9.17) is 9.15 Å². The van der Waals surface area contributed by atoms with E-state index in [2.05, 4.69) is 194 Å². The van der Waals surface area contributed by atoms with Crippen molar-refractivity contribution in [2.24, 2.45) is 0 Å². The third kappa shape index (κ3) is 4.33. The maximum absolute atomic E-state index is 6.85. The number of benzene rings is 9. The second kappa shape index (κ2) is 11.6. The van der Waals surface area contributed by atoms with Gasteiger partial charge in [-0.25, -0.2) is 0 Å². The van der Waals surface area contributed by atoms with Crippen LogP contribution in [0.4, 0.5) is 0 Å². The van der Waals surface area contributed by atoms with E-state index in [1.54, 1.807) is 0 Å². The Hall–Kier alpha value is -6.90. The van der Waals surface area contributed by atoms with Gasteiger partial charge in [0.1, 0.15) is 22.7 Å². The van der Waals surface area contributed by atoms with Crippen molar-refractivity contribution in [3.8, 4) is 33.8 Å². The van der Waals surface area contributed by atoms with Crippen LogP contribution in [0.5, 0.6) is 11.5 Å². The predicted molar refractivity (Wildman–Crippen MR) is 218 cm³/mol. The fraction of sp³-hybridized carbons (Fsp3) is 0.0196. The molecule has 0 radical (unpaired) electrons. The van der Waals surface area contributed by atoms with Gasteiger partial charge in [-0.3, -0.25) is 0 Å². The van der Waals surface area contributed by atoms with E-state index in [-0.39, 0.29) is 0 Å². The minimum Gasteiger partial charge on any atom is -0.457 e. The van der Waals surface area contributed by atoms with Crippen LogP contribution in [0.3, 0.4) is 0 Å². The molecular weight excluding hydrogens is 645 g/mol. The fourth-order valence-electron chi connectivity index (χ4n) is 8.98. The number of fused-ring (bicyclic) bond motifs is 8. The molecule has 0 unspecified atom stereocenters. The highest BCUT2D eigenvalue weighted by Crippen LogP contribution is 2.56. The van der Waals surface area contributed by atoms with Crippen molar-refractivity contribution in [3.63, 3.8) is 0 Å². The van der Waals surface area contributed by atoms with Crippen LogP contribution in [-0.2, 0) is 5.41 Å². The topological polar surface area (TPSA) is 22.4 Å². The number of furan rings is 1. The maximum Gasteiger partial charge on any atom is 0.136 e. The molecule has 248 valence electrons. The van der Waals surface area contributed by atoms with Crippen molar-refractivity contribution < 1.29 is 9.15 Å². The van der Waals surface area contributed by atoms with E-state index in [0.29, 0.717) is 0 Å². The average Bonchev–Trinajstić information content (AvgIpc) is 3.63. The highest BCUT2D eigenvalue weighted by atomic mass is 16.5. The molecule has 2 heteroatoms. The first-order valence-corrected chi connectivity index (χ1v) is 18.2. The largest absolute Gasteiger partial charge is 0.457 e. The number of rotatable bonds is 4. The van der Waals surface area contributed by atoms with Crippen LogP contribution < -0.4 is 4.74 Å². The summed E-state index contributed by atoms with van der Waals surface area (Å²) in [6.45, 7) is 0. The second-order valence-corrected chi connectivity index (χ2v) is 13.9. The highest BCUT2D eigenvalue weighted by molar-refractivity contribution is 6.24. The van der Waals surface area contributed by atoms with Crippen molar-refractivity contribution in [1.29, 1.82) is 0 Å². The van der Waals surface area contributed by atoms with Crippen LogP contribution in [-0.4, -0.2) is 0 Å². The van der Waals surface area contributed by atoms with Crippen molar-refractivity contribution in [3.05, 3.63) is 216 Å². The van der Waals surface area contributed by atoms with Crippen molar-refractivity contribution >= 4 is 43.5 Å². The molecule has 1 aromatic heterocycles. The third-order valence-electron chi connectivity index (χ3n) is 11.2. The van der Waals surface area contributed by atoms with Gasteiger partial charge in [-0.2, -0.15) is 0 Å². The van der Waals surface area contributed by atoms with Gasteiger partial charge in [0.05, 0.1) is 5.41 Å². The van der Waals surface area contributed by atoms with E-state index >= 15 is 0 Å². The van der Waals surface area contributed by atoms with E-state index in [9.17, 15) is 0 Å². The summed E-state index contributed by atoms with van der Waals surface area (Å²) in [7, 11) is 0. The normalized spacial score (nSPS) is 13.2. The van der Waals surface area contributed by atoms with E-state index < -0.39 is 5.41 Å². The molecule has 0 atom stereocenters. The summed E-state index contributed by atoms with van der Waals surface area (Å²) in [4.78, 5) is 0. The molecule has 0 aliphatic carbocycles. The molecule has 53 heavy (non-hydrogen) atoms. The third-order valence-corrected chi connectivity index (χ3v) is 11.2. The molecule has 0 bridgehead atoms. The van der Waals surface area contributed by atoms with E-state index in [0.717, 1.165) is 55.7 Å². The molecule has 0 fully saturated rings. The average molecular weight is 677 g/mol. The highest BCUT2D eigenvalue weighted by Gasteiger charge is 2.45. The van der Waals surface area contributed by atoms with Gasteiger partial charge in [0.25, 0.3) is 0 Å². The Kier molecular flexibility index (Phi) is 6.50. The van der Waals surface area contributed by atoms with Crippen LogP contribution in [0, 0.1) is 0 Å². The minimum absolute atomic E-state index is 0.548. The molecule has 0 saturated heterocycles. The molecule has 0 amide bonds. The zero-order chi connectivity index (χ0) is 34.9. The smallest absolute Gasteiger partial charge is 0.136 e. The Morgan fingerprint density at radius 3 is 1.77 bits per heavy atom. The van der Waals surface area contributed by atoms with Crippen molar-refractivity contribution in [1.82, 2.24) is 0 Å². The number of ether oxygens (including phenoxy) is 1. The van der Waals surface area contributed by atoms with Crippen LogP contribution in [0.2, 0.25) is 0 Å². The molecule has 9 aromatic carbocycles. The monoisotopic (exact) mass is 676 g/mol.